The number of aromatic nitrogens is 2. The molecule has 2 aliphatic heterocycles. The number of likely N-dealkylation sites (tertiary alicyclic amines) is 2. The smallest absolute Gasteiger partial charge is 0.262 e. The van der Waals surface area contributed by atoms with Crippen LogP contribution >= 0.6 is 11.3 Å². The molecule has 7 nitrogen and oxygen atoms in total. The lowest BCUT2D eigenvalue weighted by molar-refractivity contribution is -0.143. The van der Waals surface area contributed by atoms with Crippen molar-refractivity contribution in [3.63, 3.8) is 0 Å². The monoisotopic (exact) mass is 416 g/mol. The Morgan fingerprint density at radius 3 is 2.62 bits per heavy atom. The predicted molar refractivity (Wildman–Crippen MR) is 113 cm³/mol. The molecule has 0 saturated carbocycles. The summed E-state index contributed by atoms with van der Waals surface area (Å²) in [7, 11) is 0. The van der Waals surface area contributed by atoms with Crippen LogP contribution in [0.5, 0.6) is 0 Å². The van der Waals surface area contributed by atoms with E-state index in [0.717, 1.165) is 46.3 Å². The van der Waals surface area contributed by atoms with E-state index >= 15 is 0 Å². The number of hydrogen-bond donors (Lipinski definition) is 0. The van der Waals surface area contributed by atoms with Crippen molar-refractivity contribution in [2.24, 2.45) is 0 Å². The number of carbonyl (C=O) groups excluding carboxylic acids is 2. The van der Waals surface area contributed by atoms with E-state index in [9.17, 15) is 14.4 Å². The number of fused-ring (bicyclic) bond motifs is 1. The number of nitrogens with zero attached hydrogens (tertiary/aromatic N) is 4. The summed E-state index contributed by atoms with van der Waals surface area (Å²) >= 11 is 1.58. The minimum atomic E-state index is -0.400. The number of piperidine rings is 1. The number of hydrogen-bond acceptors (Lipinski definition) is 5. The van der Waals surface area contributed by atoms with E-state index in [1.807, 2.05) is 18.7 Å². The van der Waals surface area contributed by atoms with Gasteiger partial charge in [0, 0.05) is 37.0 Å². The van der Waals surface area contributed by atoms with Crippen LogP contribution in [0.2, 0.25) is 0 Å². The van der Waals surface area contributed by atoms with Crippen molar-refractivity contribution in [1.82, 2.24) is 19.4 Å². The van der Waals surface area contributed by atoms with Gasteiger partial charge in [-0.15, -0.1) is 11.3 Å². The number of carbonyl (C=O) groups is 2. The van der Waals surface area contributed by atoms with Gasteiger partial charge < -0.3 is 9.80 Å². The van der Waals surface area contributed by atoms with Gasteiger partial charge in [0.05, 0.1) is 11.7 Å². The second-order valence-electron chi connectivity index (χ2n) is 8.05. The Hall–Kier alpha value is -2.22. The topological polar surface area (TPSA) is 75.5 Å². The lowest BCUT2D eigenvalue weighted by atomic mass is 10.0. The molecule has 0 radical (unpaired) electrons. The molecule has 1 atom stereocenters. The summed E-state index contributed by atoms with van der Waals surface area (Å²) in [5.41, 5.74) is 1.14. The highest BCUT2D eigenvalue weighted by atomic mass is 32.1. The molecule has 2 aromatic rings. The molecule has 29 heavy (non-hydrogen) atoms. The van der Waals surface area contributed by atoms with Crippen LogP contribution in [0.4, 0.5) is 0 Å². The summed E-state index contributed by atoms with van der Waals surface area (Å²) in [5.74, 6) is 0.0887. The van der Waals surface area contributed by atoms with E-state index in [1.54, 1.807) is 27.1 Å². The van der Waals surface area contributed by atoms with Crippen molar-refractivity contribution in [3.05, 3.63) is 27.1 Å². The van der Waals surface area contributed by atoms with E-state index in [4.69, 9.17) is 0 Å². The van der Waals surface area contributed by atoms with Gasteiger partial charge in [0.15, 0.2) is 0 Å². The fourth-order valence-electron chi connectivity index (χ4n) is 4.70. The van der Waals surface area contributed by atoms with Gasteiger partial charge >= 0.3 is 0 Å². The normalized spacial score (nSPS) is 19.3. The number of rotatable bonds is 4. The molecule has 2 fully saturated rings. The highest BCUT2D eigenvalue weighted by Gasteiger charge is 2.34. The van der Waals surface area contributed by atoms with Crippen molar-refractivity contribution < 1.29 is 9.59 Å². The third-order valence-corrected chi connectivity index (χ3v) is 7.45. The maximum Gasteiger partial charge on any atom is 0.262 e. The van der Waals surface area contributed by atoms with E-state index in [1.165, 1.54) is 0 Å². The molecule has 2 aliphatic rings. The van der Waals surface area contributed by atoms with Gasteiger partial charge in [0.25, 0.3) is 5.56 Å². The lowest BCUT2D eigenvalue weighted by Gasteiger charge is -2.36. The molecule has 156 valence electrons. The predicted octanol–water partition coefficient (Wildman–Crippen LogP) is 2.50. The zero-order chi connectivity index (χ0) is 20.7. The quantitative estimate of drug-likeness (QED) is 0.767. The average Bonchev–Trinajstić information content (AvgIpc) is 3.29. The molecule has 1 unspecified atom stereocenters. The van der Waals surface area contributed by atoms with Crippen LogP contribution in [-0.2, 0) is 16.0 Å². The molecule has 2 saturated heterocycles. The SMILES string of the molecule is CCc1c(C)sc2ncn(C3CCN(C(=O)C(C)N4CCCC4=O)CC3)c(=O)c12. The molecule has 2 amide bonds. The third-order valence-electron chi connectivity index (χ3n) is 6.40. The Kier molecular flexibility index (Phi) is 5.46. The fourth-order valence-corrected chi connectivity index (χ4v) is 5.77. The summed E-state index contributed by atoms with van der Waals surface area (Å²) in [4.78, 5) is 48.0. The van der Waals surface area contributed by atoms with Crippen molar-refractivity contribution in [1.29, 1.82) is 0 Å². The summed E-state index contributed by atoms with van der Waals surface area (Å²) in [6.45, 7) is 7.81. The van der Waals surface area contributed by atoms with E-state index in [-0.39, 0.29) is 23.4 Å². The Bertz CT molecular complexity index is 1000. The fraction of sp³-hybridized carbons (Fsp3) is 0.619. The molecule has 0 aromatic carbocycles. The molecule has 0 aliphatic carbocycles. The average molecular weight is 417 g/mol. The first kappa shape index (κ1) is 20.1. The first-order valence-electron chi connectivity index (χ1n) is 10.5. The van der Waals surface area contributed by atoms with Gasteiger partial charge in [-0.2, -0.15) is 0 Å². The number of aryl methyl sites for hydroxylation is 2. The molecular weight excluding hydrogens is 388 g/mol. The highest BCUT2D eigenvalue weighted by Crippen LogP contribution is 2.29. The van der Waals surface area contributed by atoms with Crippen molar-refractivity contribution >= 4 is 33.4 Å². The first-order chi connectivity index (χ1) is 13.9. The van der Waals surface area contributed by atoms with Crippen molar-refractivity contribution in [2.45, 2.75) is 65.0 Å². The largest absolute Gasteiger partial charge is 0.341 e. The van der Waals surface area contributed by atoms with Gasteiger partial charge in [-0.1, -0.05) is 6.92 Å². The molecule has 0 spiro atoms. The maximum absolute atomic E-state index is 13.2. The van der Waals surface area contributed by atoms with Crippen molar-refractivity contribution in [2.75, 3.05) is 19.6 Å². The van der Waals surface area contributed by atoms with Crippen molar-refractivity contribution in [3.8, 4) is 0 Å². The summed E-state index contributed by atoms with van der Waals surface area (Å²) in [5, 5.41) is 0.761. The number of thiophene rings is 1. The van der Waals surface area contributed by atoms with Gasteiger partial charge in [0.1, 0.15) is 10.9 Å². The zero-order valence-electron chi connectivity index (χ0n) is 17.3. The van der Waals surface area contributed by atoms with Gasteiger partial charge in [-0.3, -0.25) is 19.0 Å². The maximum atomic E-state index is 13.2. The van der Waals surface area contributed by atoms with Crippen LogP contribution in [-0.4, -0.2) is 56.8 Å². The molecular formula is C21H28N4O3S. The first-order valence-corrected chi connectivity index (χ1v) is 11.3. The minimum absolute atomic E-state index is 0.0151. The van der Waals surface area contributed by atoms with Crippen LogP contribution in [0.1, 0.15) is 56.0 Å². The number of amides is 2. The summed E-state index contributed by atoms with van der Waals surface area (Å²) in [6.07, 6.45) is 5.33. The summed E-state index contributed by atoms with van der Waals surface area (Å²) < 4.78 is 1.77. The highest BCUT2D eigenvalue weighted by molar-refractivity contribution is 7.18. The standard InChI is InChI=1S/C21H28N4O3S/c1-4-16-14(3)29-19-18(16)21(28)25(12-22-19)15-7-10-23(11-8-15)20(27)13(2)24-9-5-6-17(24)26/h12-13,15H,4-11H2,1-3H3. The lowest BCUT2D eigenvalue weighted by Crippen LogP contribution is -2.50. The summed E-state index contributed by atoms with van der Waals surface area (Å²) in [6, 6.07) is -0.347. The molecule has 0 bridgehead atoms. The second-order valence-corrected chi connectivity index (χ2v) is 9.25. The molecule has 8 heteroatoms. The van der Waals surface area contributed by atoms with Crippen LogP contribution in [0.15, 0.2) is 11.1 Å². The van der Waals surface area contributed by atoms with E-state index in [0.29, 0.717) is 26.1 Å². The van der Waals surface area contributed by atoms with Gasteiger partial charge in [0.2, 0.25) is 11.8 Å². The van der Waals surface area contributed by atoms with Crippen LogP contribution in [0, 0.1) is 6.92 Å². The Balaban J connectivity index is 1.48. The Morgan fingerprint density at radius 1 is 1.28 bits per heavy atom. The zero-order valence-corrected chi connectivity index (χ0v) is 18.1. The Morgan fingerprint density at radius 2 is 2.00 bits per heavy atom. The molecule has 2 aromatic heterocycles. The van der Waals surface area contributed by atoms with Crippen LogP contribution in [0.3, 0.4) is 0 Å². The Labute approximate surface area is 174 Å². The third kappa shape index (κ3) is 3.47. The minimum Gasteiger partial charge on any atom is -0.341 e. The van der Waals surface area contributed by atoms with E-state index < -0.39 is 6.04 Å². The van der Waals surface area contributed by atoms with Crippen LogP contribution < -0.4 is 5.56 Å². The molecule has 4 rings (SSSR count). The van der Waals surface area contributed by atoms with Crippen LogP contribution in [0.25, 0.3) is 10.2 Å². The second kappa shape index (κ2) is 7.89. The van der Waals surface area contributed by atoms with Gasteiger partial charge in [-0.05, 0) is 45.1 Å². The molecule has 4 heterocycles. The molecule has 0 N–H and O–H groups in total. The van der Waals surface area contributed by atoms with Gasteiger partial charge in [-0.25, -0.2) is 4.98 Å². The van der Waals surface area contributed by atoms with E-state index in [2.05, 4.69) is 11.9 Å².